The smallest absolute Gasteiger partial charge is 0.281 e. The van der Waals surface area contributed by atoms with Crippen LogP contribution in [0.25, 0.3) is 10.3 Å². The average Bonchev–Trinajstić information content (AvgIpc) is 3.44. The van der Waals surface area contributed by atoms with Crippen LogP contribution in [0, 0.1) is 0 Å². The van der Waals surface area contributed by atoms with Gasteiger partial charge in [0.2, 0.25) is 5.91 Å². The predicted octanol–water partition coefficient (Wildman–Crippen LogP) is 2.68. The summed E-state index contributed by atoms with van der Waals surface area (Å²) in [6, 6.07) is 9.61. The minimum absolute atomic E-state index is 0. The van der Waals surface area contributed by atoms with Gasteiger partial charge in [-0.3, -0.25) is 14.2 Å². The van der Waals surface area contributed by atoms with E-state index >= 15 is 0 Å². The van der Waals surface area contributed by atoms with Crippen LogP contribution in [0.3, 0.4) is 0 Å². The molecule has 4 rings (SSSR count). The summed E-state index contributed by atoms with van der Waals surface area (Å²) in [5.41, 5.74) is 1.37. The molecule has 33 heavy (non-hydrogen) atoms. The van der Waals surface area contributed by atoms with Crippen LogP contribution in [-0.2, 0) is 24.3 Å². The topological polar surface area (TPSA) is 83.4 Å². The van der Waals surface area contributed by atoms with Gasteiger partial charge in [0.05, 0.1) is 0 Å². The zero-order chi connectivity index (χ0) is 22.7. The highest BCUT2D eigenvalue weighted by molar-refractivity contribution is 7.21. The van der Waals surface area contributed by atoms with Crippen LogP contribution in [0.1, 0.15) is 31.2 Å². The molecule has 1 aromatic carbocycles. The summed E-state index contributed by atoms with van der Waals surface area (Å²) in [6.07, 6.45) is 2.39. The first-order chi connectivity index (χ1) is 15.5. The van der Waals surface area contributed by atoms with Gasteiger partial charge in [0.15, 0.2) is 15.5 Å². The molecule has 1 fully saturated rings. The van der Waals surface area contributed by atoms with Crippen molar-refractivity contribution >= 4 is 45.1 Å². The van der Waals surface area contributed by atoms with E-state index in [4.69, 9.17) is 4.98 Å². The molecule has 0 aliphatic carbocycles. The second-order valence-electron chi connectivity index (χ2n) is 8.34. The van der Waals surface area contributed by atoms with Crippen LogP contribution in [0.15, 0.2) is 35.1 Å². The fourth-order valence-electron chi connectivity index (χ4n) is 4.07. The Balaban J connectivity index is 0.00000306. The Hall–Kier alpha value is -2.49. The molecule has 8 nitrogen and oxygen atoms in total. The number of benzene rings is 1. The number of hydrogen-bond acceptors (Lipinski definition) is 7. The zero-order valence-electron chi connectivity index (χ0n) is 19.3. The number of fused-ring (bicyclic) bond motifs is 1. The molecule has 1 saturated heterocycles. The average molecular weight is 491 g/mol. The molecule has 1 aliphatic heterocycles. The molecule has 178 valence electrons. The largest absolute Gasteiger partial charge is 0.350 e. The van der Waals surface area contributed by atoms with E-state index in [1.165, 1.54) is 11.3 Å². The fourth-order valence-corrected chi connectivity index (χ4v) is 5.10. The lowest BCUT2D eigenvalue weighted by atomic mass is 10.2. The number of hydrogen-bond donors (Lipinski definition) is 1. The molecule has 1 atom stereocenters. The molecule has 0 radical (unpaired) electrons. The lowest BCUT2D eigenvalue weighted by molar-refractivity contribution is -0.122. The maximum Gasteiger partial charge on any atom is 0.281 e. The molecule has 0 bridgehead atoms. The summed E-state index contributed by atoms with van der Waals surface area (Å²) in [5.74, 6) is 0.781. The lowest BCUT2D eigenvalue weighted by Crippen LogP contribution is -2.43. The molecule has 3 aromatic rings. The highest BCUT2D eigenvalue weighted by atomic mass is 35.5. The zero-order valence-corrected chi connectivity index (χ0v) is 20.9. The number of nitrogens with zero attached hydrogens (tertiary/aromatic N) is 5. The number of carbonyl (C=O) groups excluding carboxylic acids is 1. The molecule has 0 saturated carbocycles. The van der Waals surface area contributed by atoms with Crippen LogP contribution in [-0.4, -0.2) is 58.6 Å². The number of thiazole rings is 1. The molecule has 1 N–H and O–H groups in total. The van der Waals surface area contributed by atoms with Gasteiger partial charge >= 0.3 is 0 Å². The number of carbonyl (C=O) groups is 1. The van der Waals surface area contributed by atoms with Gasteiger partial charge in [-0.25, -0.2) is 9.97 Å². The van der Waals surface area contributed by atoms with Gasteiger partial charge in [-0.2, -0.15) is 0 Å². The van der Waals surface area contributed by atoms with E-state index < -0.39 is 0 Å². The lowest BCUT2D eigenvalue weighted by Gasteiger charge is -2.23. The predicted molar refractivity (Wildman–Crippen MR) is 136 cm³/mol. The summed E-state index contributed by atoms with van der Waals surface area (Å²) in [6.45, 7) is 4.58. The SMILES string of the molecule is CCn1c(CCN(C)C)nc2sc(N3CCC[C@@H]3C(=O)NCc3ccccc3)nc2c1=O.Cl. The van der Waals surface area contributed by atoms with Crippen LogP contribution < -0.4 is 15.8 Å². The van der Waals surface area contributed by atoms with Crippen molar-refractivity contribution in [2.24, 2.45) is 0 Å². The molecule has 1 aliphatic rings. The maximum atomic E-state index is 13.1. The molecule has 10 heteroatoms. The summed E-state index contributed by atoms with van der Waals surface area (Å²) >= 11 is 1.41. The third-order valence-corrected chi connectivity index (χ3v) is 6.78. The van der Waals surface area contributed by atoms with Crippen molar-refractivity contribution in [3.8, 4) is 0 Å². The van der Waals surface area contributed by atoms with E-state index in [-0.39, 0.29) is 29.9 Å². The van der Waals surface area contributed by atoms with E-state index in [0.717, 1.165) is 37.3 Å². The number of rotatable bonds is 8. The Labute approximate surface area is 204 Å². The van der Waals surface area contributed by atoms with E-state index in [0.29, 0.717) is 35.0 Å². The van der Waals surface area contributed by atoms with E-state index in [2.05, 4.69) is 15.2 Å². The Morgan fingerprint density at radius 3 is 2.70 bits per heavy atom. The number of amides is 1. The van der Waals surface area contributed by atoms with Crippen LogP contribution in [0.2, 0.25) is 0 Å². The second kappa shape index (κ2) is 11.1. The third-order valence-electron chi connectivity index (χ3n) is 5.80. The number of nitrogens with one attached hydrogen (secondary N) is 1. The molecule has 1 amide bonds. The molecule has 0 spiro atoms. The van der Waals surface area contributed by atoms with E-state index in [1.54, 1.807) is 4.57 Å². The second-order valence-corrected chi connectivity index (χ2v) is 9.29. The Bertz CT molecular complexity index is 1150. The van der Waals surface area contributed by atoms with Gasteiger partial charge in [-0.05, 0) is 39.4 Å². The third kappa shape index (κ3) is 5.54. The molecular weight excluding hydrogens is 460 g/mol. The summed E-state index contributed by atoms with van der Waals surface area (Å²) < 4.78 is 1.71. The highest BCUT2D eigenvalue weighted by Gasteiger charge is 2.33. The standard InChI is InChI=1S/C23H30N6O2S.ClH/c1-4-28-18(12-14-27(2)3)25-21-19(22(28)31)26-23(32-21)29-13-8-11-17(29)20(30)24-15-16-9-6-5-7-10-16;/h5-7,9-10,17H,4,8,11-15H2,1-3H3,(H,24,30);1H/t17-;/m1./s1. The van der Waals surface area contributed by atoms with Gasteiger partial charge in [-0.1, -0.05) is 41.7 Å². The molecule has 0 unspecified atom stereocenters. The summed E-state index contributed by atoms with van der Waals surface area (Å²) in [4.78, 5) is 40.2. The number of halogens is 1. The monoisotopic (exact) mass is 490 g/mol. The fraction of sp³-hybridized carbons (Fsp3) is 0.478. The molecular formula is C23H31ClN6O2S. The van der Waals surface area contributed by atoms with Gasteiger partial charge < -0.3 is 15.1 Å². The Kier molecular flexibility index (Phi) is 8.45. The Morgan fingerprint density at radius 2 is 2.00 bits per heavy atom. The van der Waals surface area contributed by atoms with Crippen molar-refractivity contribution < 1.29 is 4.79 Å². The first kappa shape index (κ1) is 25.1. The van der Waals surface area contributed by atoms with Gasteiger partial charge in [0, 0.05) is 32.6 Å². The van der Waals surface area contributed by atoms with Crippen LogP contribution in [0.4, 0.5) is 5.13 Å². The highest BCUT2D eigenvalue weighted by Crippen LogP contribution is 2.31. The molecule has 3 heterocycles. The summed E-state index contributed by atoms with van der Waals surface area (Å²) in [5, 5.41) is 3.75. The van der Waals surface area contributed by atoms with E-state index in [9.17, 15) is 9.59 Å². The normalized spacial score (nSPS) is 15.8. The Morgan fingerprint density at radius 1 is 1.24 bits per heavy atom. The summed E-state index contributed by atoms with van der Waals surface area (Å²) in [7, 11) is 4.02. The van der Waals surface area contributed by atoms with Crippen molar-refractivity contribution in [1.82, 2.24) is 24.8 Å². The van der Waals surface area contributed by atoms with Crippen LogP contribution >= 0.6 is 23.7 Å². The van der Waals surface area contributed by atoms with Gasteiger partial charge in [0.25, 0.3) is 5.56 Å². The quantitative estimate of drug-likeness (QED) is 0.522. The molecule has 2 aromatic heterocycles. The van der Waals surface area contributed by atoms with Crippen molar-refractivity contribution in [1.29, 1.82) is 0 Å². The minimum Gasteiger partial charge on any atom is -0.350 e. The number of aromatic nitrogens is 3. The van der Waals surface area contributed by atoms with Crippen molar-refractivity contribution in [3.63, 3.8) is 0 Å². The van der Waals surface area contributed by atoms with Crippen molar-refractivity contribution in [3.05, 3.63) is 52.1 Å². The van der Waals surface area contributed by atoms with Crippen LogP contribution in [0.5, 0.6) is 0 Å². The number of likely N-dealkylation sites (N-methyl/N-ethyl adjacent to an activating group) is 1. The first-order valence-corrected chi connectivity index (χ1v) is 11.9. The van der Waals surface area contributed by atoms with Crippen molar-refractivity contribution in [2.75, 3.05) is 32.1 Å². The van der Waals surface area contributed by atoms with E-state index in [1.807, 2.05) is 56.3 Å². The first-order valence-electron chi connectivity index (χ1n) is 11.1. The minimum atomic E-state index is -0.277. The number of anilines is 1. The van der Waals surface area contributed by atoms with Crippen molar-refractivity contribution in [2.45, 2.75) is 45.3 Å². The van der Waals surface area contributed by atoms with Gasteiger partial charge in [0.1, 0.15) is 11.9 Å². The van der Waals surface area contributed by atoms with Gasteiger partial charge in [-0.15, -0.1) is 12.4 Å². The maximum absolute atomic E-state index is 13.1.